The highest BCUT2D eigenvalue weighted by molar-refractivity contribution is 7.14. The highest BCUT2D eigenvalue weighted by atomic mass is 32.1. The molecule has 6 nitrogen and oxygen atoms in total. The predicted octanol–water partition coefficient (Wildman–Crippen LogP) is 4.83. The molecule has 3 rings (SSSR count). The number of allylic oxidation sites excluding steroid dienone is 1. The van der Waals surface area contributed by atoms with Gasteiger partial charge in [-0.3, -0.25) is 14.5 Å². The second-order valence-electron chi connectivity index (χ2n) is 6.15. The summed E-state index contributed by atoms with van der Waals surface area (Å²) in [5.74, 6) is -0.608. The van der Waals surface area contributed by atoms with E-state index in [0.29, 0.717) is 16.5 Å². The Hall–Kier alpha value is -3.50. The summed E-state index contributed by atoms with van der Waals surface area (Å²) in [6.07, 6.45) is 2.76. The van der Waals surface area contributed by atoms with Gasteiger partial charge in [-0.2, -0.15) is 5.26 Å². The van der Waals surface area contributed by atoms with E-state index in [2.05, 4.69) is 4.98 Å². The van der Waals surface area contributed by atoms with Crippen molar-refractivity contribution in [1.29, 1.82) is 5.26 Å². The molecule has 0 bridgehead atoms. The van der Waals surface area contributed by atoms with Crippen LogP contribution in [0.1, 0.15) is 34.3 Å². The summed E-state index contributed by atoms with van der Waals surface area (Å²) in [6, 6.07) is 10.7. The van der Waals surface area contributed by atoms with Crippen LogP contribution in [0.2, 0.25) is 0 Å². The predicted molar refractivity (Wildman–Crippen MR) is 107 cm³/mol. The summed E-state index contributed by atoms with van der Waals surface area (Å²) in [5, 5.41) is 11.5. The van der Waals surface area contributed by atoms with Crippen LogP contribution in [0.25, 0.3) is 6.08 Å². The maximum Gasteiger partial charge on any atom is 0.238 e. The Kier molecular flexibility index (Phi) is 5.52. The van der Waals surface area contributed by atoms with Gasteiger partial charge >= 0.3 is 0 Å². The molecule has 3 aromatic rings. The average molecular weight is 391 g/mol. The molecule has 0 fully saturated rings. The van der Waals surface area contributed by atoms with Crippen LogP contribution in [-0.4, -0.2) is 16.7 Å². The second-order valence-corrected chi connectivity index (χ2v) is 6.99. The van der Waals surface area contributed by atoms with Gasteiger partial charge in [0.1, 0.15) is 11.6 Å². The van der Waals surface area contributed by atoms with Crippen molar-refractivity contribution in [3.05, 3.63) is 70.1 Å². The van der Waals surface area contributed by atoms with Crippen molar-refractivity contribution >= 4 is 39.9 Å². The maximum atomic E-state index is 12.3. The van der Waals surface area contributed by atoms with Crippen LogP contribution in [0, 0.1) is 25.2 Å². The molecule has 0 spiro atoms. The third-order valence-corrected chi connectivity index (χ3v) is 5.01. The molecule has 1 aromatic carbocycles. The number of nitriles is 1. The van der Waals surface area contributed by atoms with Crippen LogP contribution in [0.4, 0.5) is 10.8 Å². The Labute approximate surface area is 166 Å². The third-order valence-electron chi connectivity index (χ3n) is 4.17. The van der Waals surface area contributed by atoms with Gasteiger partial charge in [-0.15, -0.1) is 11.3 Å². The van der Waals surface area contributed by atoms with Crippen molar-refractivity contribution in [2.24, 2.45) is 0 Å². The molecule has 0 aliphatic heterocycles. The number of hydrogen-bond donors (Lipinski definition) is 0. The van der Waals surface area contributed by atoms with E-state index in [4.69, 9.17) is 4.42 Å². The molecule has 140 valence electrons. The summed E-state index contributed by atoms with van der Waals surface area (Å²) >= 11 is 1.26. The molecule has 0 aliphatic rings. The molecule has 7 heteroatoms. The Morgan fingerprint density at radius 2 is 2.04 bits per heavy atom. The summed E-state index contributed by atoms with van der Waals surface area (Å²) < 4.78 is 5.06. The number of furan rings is 1. The number of ketones is 1. The smallest absolute Gasteiger partial charge is 0.238 e. The zero-order valence-corrected chi connectivity index (χ0v) is 16.4. The van der Waals surface area contributed by atoms with Crippen molar-refractivity contribution < 1.29 is 14.0 Å². The molecule has 0 atom stereocenters. The number of Topliss-reactive ketones (excluding diaryl/α,β-unsaturated/α-hetero) is 1. The highest BCUT2D eigenvalue weighted by Gasteiger charge is 2.19. The molecule has 2 heterocycles. The number of benzene rings is 1. The molecule has 28 heavy (non-hydrogen) atoms. The van der Waals surface area contributed by atoms with E-state index in [1.165, 1.54) is 41.6 Å². The maximum absolute atomic E-state index is 12.3. The van der Waals surface area contributed by atoms with Gasteiger partial charge in [0.05, 0.1) is 17.6 Å². The fourth-order valence-electron chi connectivity index (χ4n) is 2.57. The fraction of sp³-hybridized carbons (Fsp3) is 0.143. The van der Waals surface area contributed by atoms with Crippen LogP contribution < -0.4 is 4.90 Å². The van der Waals surface area contributed by atoms with Gasteiger partial charge in [-0.05, 0) is 55.3 Å². The molecule has 0 aliphatic carbocycles. The van der Waals surface area contributed by atoms with Gasteiger partial charge in [-0.25, -0.2) is 4.98 Å². The standard InChI is InChI=1S/C21H17N3O3S/c1-13-6-7-18(9-14(13)2)24(15(3)25)21-23-17(12-28-21)10-16(11-22)20(26)19-5-4-8-27-19/h4-10,12H,1-3H3/b16-10+. The number of carbonyl (C=O) groups is 2. The van der Waals surface area contributed by atoms with Crippen LogP contribution in [0.15, 0.2) is 52.0 Å². The largest absolute Gasteiger partial charge is 0.461 e. The zero-order valence-electron chi connectivity index (χ0n) is 15.6. The summed E-state index contributed by atoms with van der Waals surface area (Å²) in [4.78, 5) is 30.5. The minimum atomic E-state index is -0.514. The lowest BCUT2D eigenvalue weighted by atomic mass is 10.1. The van der Waals surface area contributed by atoms with Gasteiger partial charge in [0, 0.05) is 12.3 Å². The normalized spacial score (nSPS) is 11.1. The molecular weight excluding hydrogens is 374 g/mol. The fourth-order valence-corrected chi connectivity index (χ4v) is 3.42. The van der Waals surface area contributed by atoms with Crippen LogP contribution >= 0.6 is 11.3 Å². The topological polar surface area (TPSA) is 87.2 Å². The highest BCUT2D eigenvalue weighted by Crippen LogP contribution is 2.31. The molecule has 1 amide bonds. The summed E-state index contributed by atoms with van der Waals surface area (Å²) in [7, 11) is 0. The third kappa shape index (κ3) is 3.92. The Morgan fingerprint density at radius 1 is 1.25 bits per heavy atom. The number of amides is 1. The van der Waals surface area contributed by atoms with E-state index in [1.807, 2.05) is 38.1 Å². The van der Waals surface area contributed by atoms with Crippen LogP contribution in [-0.2, 0) is 4.79 Å². The van der Waals surface area contributed by atoms with Crippen molar-refractivity contribution in [2.75, 3.05) is 4.90 Å². The first-order chi connectivity index (χ1) is 13.4. The first-order valence-corrected chi connectivity index (χ1v) is 9.32. The van der Waals surface area contributed by atoms with Gasteiger partial charge in [-0.1, -0.05) is 6.07 Å². The lowest BCUT2D eigenvalue weighted by Gasteiger charge is -2.19. The van der Waals surface area contributed by atoms with Crippen molar-refractivity contribution in [2.45, 2.75) is 20.8 Å². The van der Waals surface area contributed by atoms with E-state index >= 15 is 0 Å². The SMILES string of the molecule is CC(=O)N(c1ccc(C)c(C)c1)c1nc(/C=C(\C#N)C(=O)c2ccco2)cs1. The quantitative estimate of drug-likeness (QED) is 0.353. The molecule has 0 saturated carbocycles. The lowest BCUT2D eigenvalue weighted by molar-refractivity contribution is -0.115. The number of carbonyl (C=O) groups excluding carboxylic acids is 2. The molecule has 2 aromatic heterocycles. The number of anilines is 2. The van der Waals surface area contributed by atoms with Crippen molar-refractivity contribution in [3.63, 3.8) is 0 Å². The lowest BCUT2D eigenvalue weighted by Crippen LogP contribution is -2.22. The first-order valence-electron chi connectivity index (χ1n) is 8.44. The van der Waals surface area contributed by atoms with Gasteiger partial charge in [0.25, 0.3) is 0 Å². The minimum absolute atomic E-state index is 0.0868. The molecular formula is C21H17N3O3S. The van der Waals surface area contributed by atoms with Gasteiger partial charge in [0.15, 0.2) is 10.9 Å². The summed E-state index contributed by atoms with van der Waals surface area (Å²) in [6.45, 7) is 5.45. The number of rotatable bonds is 5. The Balaban J connectivity index is 1.94. The Bertz CT molecular complexity index is 1100. The van der Waals surface area contributed by atoms with Gasteiger partial charge < -0.3 is 4.42 Å². The average Bonchev–Trinajstić information content (AvgIpc) is 3.34. The minimum Gasteiger partial charge on any atom is -0.461 e. The van der Waals surface area contributed by atoms with E-state index in [0.717, 1.165) is 11.1 Å². The van der Waals surface area contributed by atoms with Crippen molar-refractivity contribution in [3.8, 4) is 6.07 Å². The first kappa shape index (κ1) is 19.3. The van der Waals surface area contributed by atoms with Crippen LogP contribution in [0.5, 0.6) is 0 Å². The molecule has 0 radical (unpaired) electrons. The van der Waals surface area contributed by atoms with E-state index in [-0.39, 0.29) is 17.2 Å². The van der Waals surface area contributed by atoms with Crippen LogP contribution in [0.3, 0.4) is 0 Å². The molecule has 0 N–H and O–H groups in total. The molecule has 0 unspecified atom stereocenters. The Morgan fingerprint density at radius 3 is 2.64 bits per heavy atom. The molecule has 0 saturated heterocycles. The van der Waals surface area contributed by atoms with E-state index in [1.54, 1.807) is 11.4 Å². The zero-order chi connectivity index (χ0) is 20.3. The van der Waals surface area contributed by atoms with E-state index < -0.39 is 5.78 Å². The number of thiazole rings is 1. The second kappa shape index (κ2) is 8.03. The number of nitrogens with zero attached hydrogens (tertiary/aromatic N) is 3. The number of hydrogen-bond acceptors (Lipinski definition) is 6. The van der Waals surface area contributed by atoms with Gasteiger partial charge in [0.2, 0.25) is 11.7 Å². The monoisotopic (exact) mass is 391 g/mol. The van der Waals surface area contributed by atoms with Crippen molar-refractivity contribution in [1.82, 2.24) is 4.98 Å². The summed E-state index contributed by atoms with van der Waals surface area (Å²) in [5.41, 5.74) is 3.24. The number of aryl methyl sites for hydroxylation is 2. The number of aromatic nitrogens is 1. The van der Waals surface area contributed by atoms with E-state index in [9.17, 15) is 14.9 Å².